The van der Waals surface area contributed by atoms with Crippen LogP contribution in [0.15, 0.2) is 53.3 Å². The van der Waals surface area contributed by atoms with Crippen LogP contribution in [0.3, 0.4) is 0 Å². The first kappa shape index (κ1) is 20.1. The standard InChI is InChI=1S/C22H22N2O6/c1-3-28-21(26)22(27,13-30-29-4-2)18-15-10-6-8-12-17(15)24-19(18)23-16-11-7-5-9-14(16)20(24)25/h5-12,23,27H,3-4,13H2,1-2H3. The molecule has 2 N–H and O–H groups in total. The van der Waals surface area contributed by atoms with Gasteiger partial charge >= 0.3 is 5.97 Å². The number of nitrogens with one attached hydrogen (secondary N) is 1. The molecule has 0 saturated carbocycles. The topological polar surface area (TPSA) is 102 Å². The molecule has 0 aliphatic carbocycles. The van der Waals surface area contributed by atoms with E-state index < -0.39 is 18.2 Å². The molecular weight excluding hydrogens is 388 g/mol. The minimum absolute atomic E-state index is 0.0684. The number of nitrogens with zero attached hydrogens (tertiary/aromatic N) is 1. The van der Waals surface area contributed by atoms with E-state index in [2.05, 4.69) is 4.98 Å². The van der Waals surface area contributed by atoms with Gasteiger partial charge < -0.3 is 14.8 Å². The fraction of sp³-hybridized carbons (Fsp3) is 0.273. The fourth-order valence-corrected chi connectivity index (χ4v) is 3.71. The molecule has 30 heavy (non-hydrogen) atoms. The predicted molar refractivity (Wildman–Crippen MR) is 111 cm³/mol. The third-order valence-electron chi connectivity index (χ3n) is 4.98. The summed E-state index contributed by atoms with van der Waals surface area (Å²) < 4.78 is 6.61. The highest BCUT2D eigenvalue weighted by atomic mass is 17.2. The maximum atomic E-state index is 13.3. The van der Waals surface area contributed by atoms with Crippen molar-refractivity contribution < 1.29 is 24.4 Å². The van der Waals surface area contributed by atoms with Crippen LogP contribution in [0.25, 0.3) is 27.5 Å². The largest absolute Gasteiger partial charge is 0.464 e. The minimum atomic E-state index is -2.20. The van der Waals surface area contributed by atoms with Gasteiger partial charge in [-0.25, -0.2) is 14.6 Å². The van der Waals surface area contributed by atoms with Crippen molar-refractivity contribution in [3.8, 4) is 0 Å². The Morgan fingerprint density at radius 2 is 1.73 bits per heavy atom. The average Bonchev–Trinajstić information content (AvgIpc) is 3.09. The smallest absolute Gasteiger partial charge is 0.345 e. The SMILES string of the molecule is CCOOCC(O)(C(=O)OCC)c1c2ccccc2n2c(=O)c3ccccc3[nH]c12. The second-order valence-corrected chi connectivity index (χ2v) is 6.80. The molecule has 4 aromatic rings. The van der Waals surface area contributed by atoms with Crippen molar-refractivity contribution in [2.24, 2.45) is 0 Å². The van der Waals surface area contributed by atoms with Gasteiger partial charge in [0.1, 0.15) is 12.3 Å². The molecule has 0 bridgehead atoms. The van der Waals surface area contributed by atoms with E-state index in [-0.39, 0.29) is 30.0 Å². The van der Waals surface area contributed by atoms with Crippen LogP contribution in [0.5, 0.6) is 0 Å². The van der Waals surface area contributed by atoms with Gasteiger partial charge in [0.2, 0.25) is 5.60 Å². The number of aromatic nitrogens is 2. The van der Waals surface area contributed by atoms with Gasteiger partial charge in [0.05, 0.1) is 29.6 Å². The molecule has 8 nitrogen and oxygen atoms in total. The van der Waals surface area contributed by atoms with Crippen LogP contribution in [0.4, 0.5) is 0 Å². The number of hydrogen-bond acceptors (Lipinski definition) is 6. The number of aliphatic hydroxyl groups is 1. The van der Waals surface area contributed by atoms with Gasteiger partial charge in [0, 0.05) is 10.9 Å². The van der Waals surface area contributed by atoms with E-state index in [9.17, 15) is 14.7 Å². The zero-order chi connectivity index (χ0) is 21.3. The van der Waals surface area contributed by atoms with Crippen LogP contribution in [-0.4, -0.2) is 40.3 Å². The van der Waals surface area contributed by atoms with Gasteiger partial charge in [-0.1, -0.05) is 30.3 Å². The maximum Gasteiger partial charge on any atom is 0.345 e. The van der Waals surface area contributed by atoms with E-state index in [0.717, 1.165) is 0 Å². The third kappa shape index (κ3) is 3.06. The summed E-state index contributed by atoms with van der Waals surface area (Å²) in [5.74, 6) is -0.892. The molecule has 2 aromatic carbocycles. The highest BCUT2D eigenvalue weighted by molar-refractivity contribution is 5.99. The summed E-state index contributed by atoms with van der Waals surface area (Å²) in [5, 5.41) is 12.6. The van der Waals surface area contributed by atoms with Gasteiger partial charge in [0.15, 0.2) is 0 Å². The Morgan fingerprint density at radius 3 is 2.47 bits per heavy atom. The molecule has 0 radical (unpaired) electrons. The molecule has 8 heteroatoms. The normalized spacial score (nSPS) is 13.7. The van der Waals surface area contributed by atoms with Crippen molar-refractivity contribution in [3.63, 3.8) is 0 Å². The quantitative estimate of drug-likeness (QED) is 0.210. The maximum absolute atomic E-state index is 13.3. The minimum Gasteiger partial charge on any atom is -0.464 e. The lowest BCUT2D eigenvalue weighted by Gasteiger charge is -2.25. The molecule has 0 aliphatic rings. The molecule has 2 aromatic heterocycles. The van der Waals surface area contributed by atoms with E-state index >= 15 is 0 Å². The molecule has 1 atom stereocenters. The Hall–Kier alpha value is -3.20. The Morgan fingerprint density at radius 1 is 1.03 bits per heavy atom. The molecule has 0 saturated heterocycles. The Balaban J connectivity index is 2.11. The van der Waals surface area contributed by atoms with E-state index in [1.165, 1.54) is 4.40 Å². The summed E-state index contributed by atoms with van der Waals surface area (Å²) in [4.78, 5) is 39.4. The zero-order valence-electron chi connectivity index (χ0n) is 16.7. The summed E-state index contributed by atoms with van der Waals surface area (Å²) in [6, 6.07) is 14.1. The number of fused-ring (bicyclic) bond motifs is 4. The highest BCUT2D eigenvalue weighted by Crippen LogP contribution is 2.35. The lowest BCUT2D eigenvalue weighted by Crippen LogP contribution is -2.42. The summed E-state index contributed by atoms with van der Waals surface area (Å²) >= 11 is 0. The summed E-state index contributed by atoms with van der Waals surface area (Å²) in [6.45, 7) is 3.16. The first-order valence-electron chi connectivity index (χ1n) is 9.71. The lowest BCUT2D eigenvalue weighted by molar-refractivity contribution is -0.313. The lowest BCUT2D eigenvalue weighted by atomic mass is 9.93. The summed E-state index contributed by atoms with van der Waals surface area (Å²) in [6.07, 6.45) is 0. The third-order valence-corrected chi connectivity index (χ3v) is 4.98. The average molecular weight is 410 g/mol. The van der Waals surface area contributed by atoms with Crippen LogP contribution < -0.4 is 5.56 Å². The molecule has 1 unspecified atom stereocenters. The summed E-state index contributed by atoms with van der Waals surface area (Å²) in [7, 11) is 0. The van der Waals surface area contributed by atoms with Crippen LogP contribution in [0.1, 0.15) is 19.4 Å². The Kier molecular flexibility index (Phi) is 5.29. The zero-order valence-corrected chi connectivity index (χ0v) is 16.7. The van der Waals surface area contributed by atoms with Crippen LogP contribution >= 0.6 is 0 Å². The Labute approximate surface area is 171 Å². The number of ether oxygens (including phenoxy) is 1. The molecule has 0 aliphatic heterocycles. The van der Waals surface area contributed by atoms with Crippen molar-refractivity contribution >= 4 is 33.4 Å². The molecule has 0 amide bonds. The molecule has 4 rings (SSSR count). The van der Waals surface area contributed by atoms with Gasteiger partial charge in [-0.2, -0.15) is 0 Å². The van der Waals surface area contributed by atoms with Crippen LogP contribution in [-0.2, 0) is 24.9 Å². The molecule has 0 spiro atoms. The monoisotopic (exact) mass is 410 g/mol. The number of benzene rings is 2. The number of H-pyrrole nitrogens is 1. The second-order valence-electron chi connectivity index (χ2n) is 6.80. The predicted octanol–water partition coefficient (Wildman–Crippen LogP) is 2.65. The Bertz CT molecular complexity index is 1290. The van der Waals surface area contributed by atoms with Crippen molar-refractivity contribution in [2.45, 2.75) is 19.4 Å². The van der Waals surface area contributed by atoms with Crippen molar-refractivity contribution in [1.82, 2.24) is 9.38 Å². The number of aromatic amines is 1. The number of esters is 1. The van der Waals surface area contributed by atoms with Gasteiger partial charge in [-0.05, 0) is 32.0 Å². The van der Waals surface area contributed by atoms with E-state index in [1.54, 1.807) is 62.4 Å². The molecular formula is C22H22N2O6. The van der Waals surface area contributed by atoms with E-state index in [1.807, 2.05) is 0 Å². The highest BCUT2D eigenvalue weighted by Gasteiger charge is 2.45. The van der Waals surface area contributed by atoms with Crippen molar-refractivity contribution in [3.05, 3.63) is 64.4 Å². The number of carbonyl (C=O) groups excluding carboxylic acids is 1. The van der Waals surface area contributed by atoms with Crippen LogP contribution in [0, 0.1) is 0 Å². The second kappa shape index (κ2) is 7.91. The fourth-order valence-electron chi connectivity index (χ4n) is 3.71. The molecule has 0 fully saturated rings. The van der Waals surface area contributed by atoms with E-state index in [4.69, 9.17) is 14.5 Å². The molecule has 2 heterocycles. The first-order valence-corrected chi connectivity index (χ1v) is 9.71. The van der Waals surface area contributed by atoms with Gasteiger partial charge in [-0.3, -0.25) is 9.20 Å². The number of hydrogen-bond donors (Lipinski definition) is 2. The summed E-state index contributed by atoms with van der Waals surface area (Å²) in [5.41, 5.74) is -0.858. The van der Waals surface area contributed by atoms with Crippen molar-refractivity contribution in [1.29, 1.82) is 0 Å². The van der Waals surface area contributed by atoms with Crippen LogP contribution in [0.2, 0.25) is 0 Å². The van der Waals surface area contributed by atoms with Gasteiger partial charge in [0.25, 0.3) is 5.56 Å². The molecule has 156 valence electrons. The van der Waals surface area contributed by atoms with E-state index in [0.29, 0.717) is 21.8 Å². The van der Waals surface area contributed by atoms with Crippen molar-refractivity contribution in [2.75, 3.05) is 19.8 Å². The van der Waals surface area contributed by atoms with Gasteiger partial charge in [-0.15, -0.1) is 0 Å². The number of para-hydroxylation sites is 2. The number of rotatable bonds is 7. The number of carbonyl (C=O) groups is 1. The first-order chi connectivity index (χ1) is 14.5.